The number of carboxylic acids is 1. The summed E-state index contributed by atoms with van der Waals surface area (Å²) in [5.74, 6) is -1.21. The van der Waals surface area contributed by atoms with E-state index in [1.807, 2.05) is 12.1 Å². The summed E-state index contributed by atoms with van der Waals surface area (Å²) in [5, 5.41) is 19.3. The fourth-order valence-electron chi connectivity index (χ4n) is 1.44. The van der Waals surface area contributed by atoms with Crippen LogP contribution in [-0.4, -0.2) is 21.5 Å². The highest BCUT2D eigenvalue weighted by Crippen LogP contribution is 2.22. The highest BCUT2D eigenvalue weighted by Gasteiger charge is 2.19. The monoisotopic (exact) mass is 398 g/mol. The van der Waals surface area contributed by atoms with Crippen molar-refractivity contribution in [3.05, 3.63) is 32.9 Å². The average Bonchev–Trinajstić information content (AvgIpc) is 2.26. The zero-order valence-electron chi connectivity index (χ0n) is 8.49. The lowest BCUT2D eigenvalue weighted by Crippen LogP contribution is -2.13. The van der Waals surface area contributed by atoms with Crippen molar-refractivity contribution in [1.29, 1.82) is 0 Å². The standard InChI is InChI=1S/C11H12BrIO3/c12-5-1-2-7-3-4-8(13)6-9(7)10(14)11(15)16/h3-4,6,10,14H,1-2,5H2,(H,15,16). The maximum Gasteiger partial charge on any atom is 0.337 e. The van der Waals surface area contributed by atoms with Crippen LogP contribution in [0.5, 0.6) is 0 Å². The zero-order chi connectivity index (χ0) is 12.1. The van der Waals surface area contributed by atoms with Crippen LogP contribution in [0, 0.1) is 3.57 Å². The predicted octanol–water partition coefficient (Wildman–Crippen LogP) is 2.74. The number of hydrogen-bond acceptors (Lipinski definition) is 2. The molecule has 0 amide bonds. The Bertz CT molecular complexity index is 381. The van der Waals surface area contributed by atoms with Crippen molar-refractivity contribution in [1.82, 2.24) is 0 Å². The number of halogens is 2. The molecule has 0 aliphatic heterocycles. The molecule has 2 N–H and O–H groups in total. The van der Waals surface area contributed by atoms with Gasteiger partial charge in [0.1, 0.15) is 0 Å². The van der Waals surface area contributed by atoms with E-state index in [0.717, 1.165) is 27.3 Å². The molecule has 0 aliphatic rings. The van der Waals surface area contributed by atoms with Crippen LogP contribution in [0.1, 0.15) is 23.7 Å². The van der Waals surface area contributed by atoms with Gasteiger partial charge in [0.25, 0.3) is 0 Å². The van der Waals surface area contributed by atoms with Crippen LogP contribution in [0.2, 0.25) is 0 Å². The third-order valence-electron chi connectivity index (χ3n) is 2.22. The molecule has 3 nitrogen and oxygen atoms in total. The fraction of sp³-hybridized carbons (Fsp3) is 0.364. The van der Waals surface area contributed by atoms with Gasteiger partial charge in [-0.15, -0.1) is 0 Å². The van der Waals surface area contributed by atoms with E-state index in [1.165, 1.54) is 0 Å². The summed E-state index contributed by atoms with van der Waals surface area (Å²) < 4.78 is 0.926. The molecule has 0 fully saturated rings. The topological polar surface area (TPSA) is 57.5 Å². The van der Waals surface area contributed by atoms with Crippen molar-refractivity contribution < 1.29 is 15.0 Å². The minimum atomic E-state index is -1.43. The van der Waals surface area contributed by atoms with Crippen LogP contribution >= 0.6 is 38.5 Å². The van der Waals surface area contributed by atoms with Crippen LogP contribution in [-0.2, 0) is 11.2 Å². The third kappa shape index (κ3) is 3.71. The van der Waals surface area contributed by atoms with Gasteiger partial charge in [0, 0.05) is 8.90 Å². The summed E-state index contributed by atoms with van der Waals surface area (Å²) in [5.41, 5.74) is 1.40. The van der Waals surface area contributed by atoms with E-state index in [0.29, 0.717) is 5.56 Å². The molecule has 0 saturated carbocycles. The zero-order valence-corrected chi connectivity index (χ0v) is 12.2. The lowest BCUT2D eigenvalue weighted by Gasteiger charge is -2.12. The summed E-state index contributed by atoms with van der Waals surface area (Å²) >= 11 is 5.43. The van der Waals surface area contributed by atoms with Gasteiger partial charge in [-0.1, -0.05) is 22.0 Å². The second-order valence-corrected chi connectivity index (χ2v) is 5.42. The molecule has 0 spiro atoms. The first-order chi connectivity index (χ1) is 7.56. The van der Waals surface area contributed by atoms with Crippen molar-refractivity contribution in [2.45, 2.75) is 18.9 Å². The lowest BCUT2D eigenvalue weighted by molar-refractivity contribution is -0.147. The molecule has 0 heterocycles. The number of benzene rings is 1. The van der Waals surface area contributed by atoms with E-state index in [2.05, 4.69) is 38.5 Å². The van der Waals surface area contributed by atoms with E-state index in [4.69, 9.17) is 5.11 Å². The van der Waals surface area contributed by atoms with Gasteiger partial charge >= 0.3 is 5.97 Å². The highest BCUT2D eigenvalue weighted by atomic mass is 127. The van der Waals surface area contributed by atoms with Gasteiger partial charge in [-0.2, -0.15) is 0 Å². The molecule has 0 bridgehead atoms. The number of hydrogen-bond donors (Lipinski definition) is 2. The first kappa shape index (κ1) is 13.9. The van der Waals surface area contributed by atoms with Gasteiger partial charge in [-0.25, -0.2) is 4.79 Å². The molecule has 0 aliphatic carbocycles. The van der Waals surface area contributed by atoms with E-state index < -0.39 is 12.1 Å². The first-order valence-corrected chi connectivity index (χ1v) is 7.01. The normalized spacial score (nSPS) is 12.4. The SMILES string of the molecule is O=C(O)C(O)c1cc(I)ccc1CCCBr. The van der Waals surface area contributed by atoms with Gasteiger partial charge in [0.05, 0.1) is 0 Å². The van der Waals surface area contributed by atoms with Crippen molar-refractivity contribution in [3.8, 4) is 0 Å². The fourth-order valence-corrected chi connectivity index (χ4v) is 2.23. The molecule has 0 radical (unpaired) electrons. The number of alkyl halides is 1. The van der Waals surface area contributed by atoms with Crippen LogP contribution in [0.3, 0.4) is 0 Å². The number of carbonyl (C=O) groups is 1. The quantitative estimate of drug-likeness (QED) is 0.592. The Morgan fingerprint density at radius 1 is 1.50 bits per heavy atom. The number of aliphatic hydroxyl groups excluding tert-OH is 1. The van der Waals surface area contributed by atoms with Crippen LogP contribution in [0.4, 0.5) is 0 Å². The van der Waals surface area contributed by atoms with Gasteiger partial charge in [0.15, 0.2) is 6.10 Å². The Labute approximate surface area is 116 Å². The highest BCUT2D eigenvalue weighted by molar-refractivity contribution is 14.1. The average molecular weight is 399 g/mol. The number of aliphatic hydroxyl groups is 1. The molecule has 88 valence electrons. The Hall–Kier alpha value is -0.140. The van der Waals surface area contributed by atoms with Crippen molar-refractivity contribution in [2.24, 2.45) is 0 Å². The summed E-state index contributed by atoms with van der Waals surface area (Å²) in [4.78, 5) is 10.8. The molecule has 16 heavy (non-hydrogen) atoms. The Balaban J connectivity index is 3.02. The second kappa shape index (κ2) is 6.56. The predicted molar refractivity (Wildman–Crippen MR) is 73.9 cm³/mol. The summed E-state index contributed by atoms with van der Waals surface area (Å²) in [6, 6.07) is 5.52. The summed E-state index contributed by atoms with van der Waals surface area (Å²) in [6.45, 7) is 0. The number of rotatable bonds is 5. The molecular formula is C11H12BrIO3. The van der Waals surface area contributed by atoms with Gasteiger partial charge in [-0.3, -0.25) is 0 Å². The van der Waals surface area contributed by atoms with Crippen LogP contribution < -0.4 is 0 Å². The van der Waals surface area contributed by atoms with E-state index >= 15 is 0 Å². The number of aliphatic carboxylic acids is 1. The molecule has 5 heteroatoms. The minimum absolute atomic E-state index is 0.500. The van der Waals surface area contributed by atoms with E-state index in [9.17, 15) is 9.90 Å². The summed E-state index contributed by atoms with van der Waals surface area (Å²) in [7, 11) is 0. The van der Waals surface area contributed by atoms with Crippen LogP contribution in [0.25, 0.3) is 0 Å². The van der Waals surface area contributed by atoms with Crippen molar-refractivity contribution in [3.63, 3.8) is 0 Å². The molecule has 0 saturated heterocycles. The molecule has 1 unspecified atom stereocenters. The molecule has 1 aromatic carbocycles. The van der Waals surface area contributed by atoms with Gasteiger partial charge in [-0.05, 0) is 58.7 Å². The Kier molecular flexibility index (Phi) is 5.71. The van der Waals surface area contributed by atoms with E-state index in [-0.39, 0.29) is 0 Å². The molecule has 1 aromatic rings. The molecule has 1 rings (SSSR count). The first-order valence-electron chi connectivity index (χ1n) is 4.81. The molecule has 0 aromatic heterocycles. The number of carboxylic acid groups (broad SMARTS) is 1. The number of aryl methyl sites for hydroxylation is 1. The Morgan fingerprint density at radius 3 is 2.75 bits per heavy atom. The summed E-state index contributed by atoms with van der Waals surface area (Å²) in [6.07, 6.45) is 0.252. The molecule has 1 atom stereocenters. The van der Waals surface area contributed by atoms with Crippen molar-refractivity contribution >= 4 is 44.5 Å². The van der Waals surface area contributed by atoms with Crippen molar-refractivity contribution in [2.75, 3.05) is 5.33 Å². The van der Waals surface area contributed by atoms with E-state index in [1.54, 1.807) is 6.07 Å². The maximum absolute atomic E-state index is 10.8. The Morgan fingerprint density at radius 2 is 2.19 bits per heavy atom. The van der Waals surface area contributed by atoms with Crippen LogP contribution in [0.15, 0.2) is 18.2 Å². The van der Waals surface area contributed by atoms with Gasteiger partial charge in [0.2, 0.25) is 0 Å². The largest absolute Gasteiger partial charge is 0.479 e. The van der Waals surface area contributed by atoms with Gasteiger partial charge < -0.3 is 10.2 Å². The third-order valence-corrected chi connectivity index (χ3v) is 3.45. The molecular weight excluding hydrogens is 387 g/mol. The smallest absolute Gasteiger partial charge is 0.337 e. The maximum atomic E-state index is 10.8. The lowest BCUT2D eigenvalue weighted by atomic mass is 9.99. The minimum Gasteiger partial charge on any atom is -0.479 e. The second-order valence-electron chi connectivity index (χ2n) is 3.38.